The molecule has 166 valence electrons. The number of carbonyl (C=O) groups excluding carboxylic acids is 2. The van der Waals surface area contributed by atoms with Crippen LogP contribution in [0, 0.1) is 26.7 Å². The number of ether oxygens (including phenoxy) is 1. The Kier molecular flexibility index (Phi) is 6.03. The molecule has 2 aliphatic rings. The Balaban J connectivity index is 1.40. The van der Waals surface area contributed by atoms with Crippen molar-refractivity contribution >= 4 is 22.8 Å². The van der Waals surface area contributed by atoms with Crippen molar-refractivity contribution in [2.75, 3.05) is 32.8 Å². The number of aryl methyl sites for hydroxylation is 2. The Morgan fingerprint density at radius 1 is 1.00 bits per heavy atom. The molecule has 2 aliphatic heterocycles. The molecular weight excluding hydrogens is 396 g/mol. The van der Waals surface area contributed by atoms with E-state index in [1.54, 1.807) is 17.9 Å². The molecule has 7 heteroatoms. The Morgan fingerprint density at radius 2 is 1.68 bits per heavy atom. The van der Waals surface area contributed by atoms with E-state index in [2.05, 4.69) is 0 Å². The van der Waals surface area contributed by atoms with E-state index in [9.17, 15) is 14.4 Å². The standard InChI is InChI=1S/C24H30N2O5/c1-15-12-19(22-16(2)17(3)24(29)31-20(22)13-15)30-14-21(27)25-10-6-18(7-11-25)23(28)26-8-4-5-9-26/h12-13,18H,4-11,14H2,1-3H3. The van der Waals surface area contributed by atoms with Crippen LogP contribution in [-0.2, 0) is 9.59 Å². The van der Waals surface area contributed by atoms with Crippen LogP contribution in [0.2, 0.25) is 0 Å². The van der Waals surface area contributed by atoms with Gasteiger partial charge in [0.15, 0.2) is 6.61 Å². The van der Waals surface area contributed by atoms with E-state index in [-0.39, 0.29) is 30.0 Å². The van der Waals surface area contributed by atoms with Gasteiger partial charge >= 0.3 is 5.63 Å². The summed E-state index contributed by atoms with van der Waals surface area (Å²) in [5.74, 6) is 0.733. The second-order valence-corrected chi connectivity index (χ2v) is 8.75. The molecule has 0 bridgehead atoms. The average molecular weight is 427 g/mol. The largest absolute Gasteiger partial charge is 0.483 e. The van der Waals surface area contributed by atoms with E-state index < -0.39 is 0 Å². The molecule has 0 unspecified atom stereocenters. The van der Waals surface area contributed by atoms with E-state index in [0.717, 1.165) is 42.4 Å². The lowest BCUT2D eigenvalue weighted by Crippen LogP contribution is -2.45. The van der Waals surface area contributed by atoms with Crippen LogP contribution in [-0.4, -0.2) is 54.4 Å². The molecule has 0 atom stereocenters. The van der Waals surface area contributed by atoms with Crippen molar-refractivity contribution < 1.29 is 18.7 Å². The summed E-state index contributed by atoms with van der Waals surface area (Å²) in [7, 11) is 0. The van der Waals surface area contributed by atoms with Gasteiger partial charge in [-0.1, -0.05) is 0 Å². The van der Waals surface area contributed by atoms with Gasteiger partial charge < -0.3 is 19.0 Å². The molecule has 2 fully saturated rings. The van der Waals surface area contributed by atoms with Gasteiger partial charge in [-0.15, -0.1) is 0 Å². The second kappa shape index (κ2) is 8.73. The van der Waals surface area contributed by atoms with E-state index in [0.29, 0.717) is 42.8 Å². The minimum absolute atomic E-state index is 0.0253. The zero-order valence-electron chi connectivity index (χ0n) is 18.5. The van der Waals surface area contributed by atoms with E-state index in [1.165, 1.54) is 0 Å². The second-order valence-electron chi connectivity index (χ2n) is 8.75. The molecule has 31 heavy (non-hydrogen) atoms. The van der Waals surface area contributed by atoms with E-state index in [1.807, 2.05) is 24.8 Å². The Labute approximate surface area is 181 Å². The zero-order valence-corrected chi connectivity index (χ0v) is 18.5. The first-order chi connectivity index (χ1) is 14.8. The molecule has 2 aromatic rings. The fraction of sp³-hybridized carbons (Fsp3) is 0.542. The molecule has 1 aromatic heterocycles. The summed E-state index contributed by atoms with van der Waals surface area (Å²) in [5, 5.41) is 0.727. The number of fused-ring (bicyclic) bond motifs is 1. The Bertz CT molecular complexity index is 1060. The topological polar surface area (TPSA) is 80.1 Å². The highest BCUT2D eigenvalue weighted by Gasteiger charge is 2.31. The first kappa shape index (κ1) is 21.4. The summed E-state index contributed by atoms with van der Waals surface area (Å²) in [6, 6.07) is 3.67. The third kappa shape index (κ3) is 4.31. The summed E-state index contributed by atoms with van der Waals surface area (Å²) in [6.07, 6.45) is 3.60. The predicted molar refractivity (Wildman–Crippen MR) is 117 cm³/mol. The zero-order chi connectivity index (χ0) is 22.1. The molecular formula is C24H30N2O5. The number of rotatable bonds is 4. The monoisotopic (exact) mass is 426 g/mol. The van der Waals surface area contributed by atoms with E-state index >= 15 is 0 Å². The normalized spacial score (nSPS) is 17.4. The fourth-order valence-corrected chi connectivity index (χ4v) is 4.60. The summed E-state index contributed by atoms with van der Waals surface area (Å²) in [6.45, 7) is 8.29. The lowest BCUT2D eigenvalue weighted by Gasteiger charge is -2.33. The van der Waals surface area contributed by atoms with Gasteiger partial charge in [0.2, 0.25) is 5.91 Å². The van der Waals surface area contributed by atoms with Gasteiger partial charge in [-0.2, -0.15) is 0 Å². The number of nitrogens with zero attached hydrogens (tertiary/aromatic N) is 2. The molecule has 0 aliphatic carbocycles. The van der Waals surface area contributed by atoms with E-state index in [4.69, 9.17) is 9.15 Å². The average Bonchev–Trinajstić information content (AvgIpc) is 3.30. The van der Waals surface area contributed by atoms with Gasteiger partial charge in [-0.25, -0.2) is 4.79 Å². The van der Waals surface area contributed by atoms with Crippen LogP contribution in [0.4, 0.5) is 0 Å². The lowest BCUT2D eigenvalue weighted by atomic mass is 9.95. The minimum atomic E-state index is -0.357. The molecule has 2 amide bonds. The maximum Gasteiger partial charge on any atom is 0.339 e. The third-order valence-electron chi connectivity index (χ3n) is 6.62. The fourth-order valence-electron chi connectivity index (χ4n) is 4.60. The molecule has 0 spiro atoms. The highest BCUT2D eigenvalue weighted by Crippen LogP contribution is 2.31. The van der Waals surface area contributed by atoms with Crippen LogP contribution in [0.15, 0.2) is 21.3 Å². The number of carbonyl (C=O) groups is 2. The molecule has 0 N–H and O–H groups in total. The molecule has 0 radical (unpaired) electrons. The minimum Gasteiger partial charge on any atom is -0.483 e. The number of hydrogen-bond donors (Lipinski definition) is 0. The van der Waals surface area contributed by atoms with Gasteiger partial charge in [0.1, 0.15) is 11.3 Å². The lowest BCUT2D eigenvalue weighted by molar-refractivity contribution is -0.140. The summed E-state index contributed by atoms with van der Waals surface area (Å²) in [5.41, 5.74) is 2.34. The maximum atomic E-state index is 12.8. The summed E-state index contributed by atoms with van der Waals surface area (Å²) >= 11 is 0. The third-order valence-corrected chi connectivity index (χ3v) is 6.62. The van der Waals surface area contributed by atoms with Crippen molar-refractivity contribution in [2.45, 2.75) is 46.5 Å². The highest BCUT2D eigenvalue weighted by atomic mass is 16.5. The van der Waals surface area contributed by atoms with Gasteiger partial charge in [0.25, 0.3) is 5.91 Å². The van der Waals surface area contributed by atoms with Crippen molar-refractivity contribution in [3.05, 3.63) is 39.2 Å². The highest BCUT2D eigenvalue weighted by molar-refractivity contribution is 5.89. The summed E-state index contributed by atoms with van der Waals surface area (Å²) in [4.78, 5) is 41.1. The van der Waals surface area contributed by atoms with Crippen molar-refractivity contribution in [1.82, 2.24) is 9.80 Å². The van der Waals surface area contributed by atoms with Crippen LogP contribution in [0.5, 0.6) is 5.75 Å². The van der Waals surface area contributed by atoms with Gasteiger partial charge in [-0.3, -0.25) is 9.59 Å². The number of piperidine rings is 1. The molecule has 2 saturated heterocycles. The number of hydrogen-bond acceptors (Lipinski definition) is 5. The predicted octanol–water partition coefficient (Wildman–Crippen LogP) is 2.96. The quantitative estimate of drug-likeness (QED) is 0.703. The SMILES string of the molecule is Cc1cc(OCC(=O)N2CCC(C(=O)N3CCCC3)CC2)c2c(C)c(C)c(=O)oc2c1. The number of likely N-dealkylation sites (tertiary alicyclic amines) is 2. The van der Waals surface area contributed by atoms with Crippen molar-refractivity contribution in [3.8, 4) is 5.75 Å². The van der Waals surface area contributed by atoms with Crippen LogP contribution in [0.1, 0.15) is 42.4 Å². The van der Waals surface area contributed by atoms with Crippen LogP contribution in [0.25, 0.3) is 11.0 Å². The van der Waals surface area contributed by atoms with Crippen LogP contribution >= 0.6 is 0 Å². The van der Waals surface area contributed by atoms with Crippen molar-refractivity contribution in [1.29, 1.82) is 0 Å². The van der Waals surface area contributed by atoms with Gasteiger partial charge in [0.05, 0.1) is 5.39 Å². The van der Waals surface area contributed by atoms with Crippen molar-refractivity contribution in [2.24, 2.45) is 5.92 Å². The molecule has 4 rings (SSSR count). The molecule has 7 nitrogen and oxygen atoms in total. The number of benzene rings is 1. The van der Waals surface area contributed by atoms with Gasteiger partial charge in [-0.05, 0) is 69.7 Å². The number of amides is 2. The Morgan fingerprint density at radius 3 is 2.35 bits per heavy atom. The maximum absolute atomic E-state index is 12.8. The first-order valence-electron chi connectivity index (χ1n) is 11.1. The molecule has 1 aromatic carbocycles. The molecule has 3 heterocycles. The first-order valence-corrected chi connectivity index (χ1v) is 11.1. The Hall–Kier alpha value is -2.83. The van der Waals surface area contributed by atoms with Crippen LogP contribution < -0.4 is 10.4 Å². The smallest absolute Gasteiger partial charge is 0.339 e. The molecule has 0 saturated carbocycles. The van der Waals surface area contributed by atoms with Crippen molar-refractivity contribution in [3.63, 3.8) is 0 Å². The summed E-state index contributed by atoms with van der Waals surface area (Å²) < 4.78 is 11.3. The van der Waals surface area contributed by atoms with Crippen LogP contribution in [0.3, 0.4) is 0 Å². The van der Waals surface area contributed by atoms with Gasteiger partial charge in [0, 0.05) is 37.7 Å².